The first-order valence-corrected chi connectivity index (χ1v) is 6.45. The van der Waals surface area contributed by atoms with Crippen LogP contribution in [-0.4, -0.2) is 46.9 Å². The van der Waals surface area contributed by atoms with Gasteiger partial charge in [-0.15, -0.1) is 0 Å². The van der Waals surface area contributed by atoms with E-state index in [0.717, 1.165) is 11.1 Å². The molecular weight excluding hydrogens is 260 g/mol. The lowest BCUT2D eigenvalue weighted by molar-refractivity contribution is -0.155. The van der Waals surface area contributed by atoms with E-state index in [1.165, 1.54) is 4.90 Å². The van der Waals surface area contributed by atoms with E-state index in [1.807, 2.05) is 24.3 Å². The Hall–Kier alpha value is -2.37. The number of fused-ring (bicyclic) bond motifs is 1. The number of piperazine rings is 1. The number of hydrogen-bond acceptors (Lipinski definition) is 3. The van der Waals surface area contributed by atoms with Crippen molar-refractivity contribution in [3.8, 4) is 0 Å². The maximum absolute atomic E-state index is 12.5. The van der Waals surface area contributed by atoms with Crippen molar-refractivity contribution in [1.82, 2.24) is 10.2 Å². The van der Waals surface area contributed by atoms with Crippen LogP contribution < -0.4 is 5.32 Å². The van der Waals surface area contributed by atoms with Gasteiger partial charge < -0.3 is 15.3 Å². The van der Waals surface area contributed by atoms with Crippen molar-refractivity contribution in [2.45, 2.75) is 18.4 Å². The Labute approximate surface area is 115 Å². The van der Waals surface area contributed by atoms with Crippen LogP contribution in [0, 0.1) is 0 Å². The number of carboxylic acids is 1. The van der Waals surface area contributed by atoms with Crippen molar-refractivity contribution >= 4 is 17.8 Å². The van der Waals surface area contributed by atoms with Crippen molar-refractivity contribution < 1.29 is 19.5 Å². The van der Waals surface area contributed by atoms with Crippen LogP contribution in [0.15, 0.2) is 24.3 Å². The van der Waals surface area contributed by atoms with Gasteiger partial charge in [-0.3, -0.25) is 9.59 Å². The zero-order valence-electron chi connectivity index (χ0n) is 10.7. The number of hydrogen-bond donors (Lipinski definition) is 2. The van der Waals surface area contributed by atoms with Gasteiger partial charge in [-0.1, -0.05) is 24.3 Å². The summed E-state index contributed by atoms with van der Waals surface area (Å²) in [5.74, 6) is -2.00. The average Bonchev–Trinajstić information content (AvgIpc) is 2.39. The van der Waals surface area contributed by atoms with E-state index in [4.69, 9.17) is 5.11 Å². The molecule has 2 atom stereocenters. The highest BCUT2D eigenvalue weighted by Crippen LogP contribution is 2.36. The number of carboxylic acid groups (broad SMARTS) is 1. The number of aliphatic carboxylic acids is 1. The zero-order chi connectivity index (χ0) is 14.3. The predicted molar refractivity (Wildman–Crippen MR) is 69.0 cm³/mol. The van der Waals surface area contributed by atoms with Gasteiger partial charge in [-0.25, -0.2) is 4.79 Å². The number of carbonyl (C=O) groups excluding carboxylic acids is 2. The van der Waals surface area contributed by atoms with Crippen LogP contribution in [-0.2, 0) is 20.8 Å². The Morgan fingerprint density at radius 1 is 1.30 bits per heavy atom. The smallest absolute Gasteiger partial charge is 0.328 e. The van der Waals surface area contributed by atoms with E-state index in [2.05, 4.69) is 5.32 Å². The number of nitrogens with one attached hydrogen (secondary N) is 1. The molecule has 1 aliphatic heterocycles. The molecule has 104 valence electrons. The lowest BCUT2D eigenvalue weighted by atomic mass is 9.76. The van der Waals surface area contributed by atoms with Crippen LogP contribution in [0.2, 0.25) is 0 Å². The summed E-state index contributed by atoms with van der Waals surface area (Å²) in [6.45, 7) is -0.220. The topological polar surface area (TPSA) is 86.7 Å². The van der Waals surface area contributed by atoms with Gasteiger partial charge in [0.25, 0.3) is 0 Å². The van der Waals surface area contributed by atoms with Crippen molar-refractivity contribution in [3.63, 3.8) is 0 Å². The first kappa shape index (κ1) is 12.7. The molecule has 2 aliphatic rings. The summed E-state index contributed by atoms with van der Waals surface area (Å²) in [7, 11) is 0. The van der Waals surface area contributed by atoms with Crippen molar-refractivity contribution in [1.29, 1.82) is 0 Å². The lowest BCUT2D eigenvalue weighted by Gasteiger charge is -2.38. The second-order valence-electron chi connectivity index (χ2n) is 5.08. The highest BCUT2D eigenvalue weighted by atomic mass is 16.4. The monoisotopic (exact) mass is 274 g/mol. The summed E-state index contributed by atoms with van der Waals surface area (Å²) < 4.78 is 0. The number of carbonyl (C=O) groups is 3. The third-order valence-corrected chi connectivity index (χ3v) is 3.90. The SMILES string of the molecule is O=C1CN(C(=O)C2Cc3ccccc32)C(C(=O)O)CN1. The highest BCUT2D eigenvalue weighted by Gasteiger charge is 2.41. The Bertz CT molecular complexity index is 599. The van der Waals surface area contributed by atoms with Crippen LogP contribution >= 0.6 is 0 Å². The molecule has 0 spiro atoms. The Balaban J connectivity index is 1.82. The standard InChI is InChI=1S/C14H14N2O4/c17-12-7-16(11(6-15-12)14(19)20)13(18)10-5-8-3-1-2-4-9(8)10/h1-4,10-11H,5-7H2,(H,15,17)(H,19,20). The number of amides is 2. The molecule has 6 heteroatoms. The fourth-order valence-corrected chi connectivity index (χ4v) is 2.77. The fraction of sp³-hybridized carbons (Fsp3) is 0.357. The maximum atomic E-state index is 12.5. The van der Waals surface area contributed by atoms with Crippen molar-refractivity contribution in [3.05, 3.63) is 35.4 Å². The van der Waals surface area contributed by atoms with Crippen molar-refractivity contribution in [2.24, 2.45) is 0 Å². The number of benzene rings is 1. The van der Waals surface area contributed by atoms with Crippen LogP contribution in [0.25, 0.3) is 0 Å². The third-order valence-electron chi connectivity index (χ3n) is 3.90. The number of nitrogens with zero attached hydrogens (tertiary/aromatic N) is 1. The summed E-state index contributed by atoms with van der Waals surface area (Å²) in [6, 6.07) is 6.62. The van der Waals surface area contributed by atoms with Crippen molar-refractivity contribution in [2.75, 3.05) is 13.1 Å². The second-order valence-corrected chi connectivity index (χ2v) is 5.08. The average molecular weight is 274 g/mol. The normalized spacial score (nSPS) is 24.4. The van der Waals surface area contributed by atoms with E-state index < -0.39 is 12.0 Å². The third kappa shape index (κ3) is 1.93. The fourth-order valence-electron chi connectivity index (χ4n) is 2.77. The molecule has 1 fully saturated rings. The minimum absolute atomic E-state index is 0.0335. The summed E-state index contributed by atoms with van der Waals surface area (Å²) in [5, 5.41) is 11.6. The van der Waals surface area contributed by atoms with Gasteiger partial charge in [0.15, 0.2) is 0 Å². The molecule has 0 radical (unpaired) electrons. The summed E-state index contributed by atoms with van der Waals surface area (Å²) >= 11 is 0. The second kappa shape index (κ2) is 4.63. The van der Waals surface area contributed by atoms with Gasteiger partial charge in [-0.05, 0) is 17.5 Å². The Morgan fingerprint density at radius 3 is 2.75 bits per heavy atom. The van der Waals surface area contributed by atoms with Gasteiger partial charge in [0.2, 0.25) is 11.8 Å². The van der Waals surface area contributed by atoms with Crippen LogP contribution in [0.3, 0.4) is 0 Å². The molecule has 0 bridgehead atoms. The zero-order valence-corrected chi connectivity index (χ0v) is 10.7. The molecule has 1 aromatic rings. The molecule has 6 nitrogen and oxygen atoms in total. The summed E-state index contributed by atoms with van der Waals surface area (Å²) in [6.07, 6.45) is 0.611. The molecule has 1 saturated heterocycles. The molecule has 2 N–H and O–H groups in total. The molecular formula is C14H14N2O4. The molecule has 2 unspecified atom stereocenters. The van der Waals surface area contributed by atoms with Crippen LogP contribution in [0.1, 0.15) is 17.0 Å². The highest BCUT2D eigenvalue weighted by molar-refractivity contribution is 5.95. The van der Waals surface area contributed by atoms with Gasteiger partial charge in [0.1, 0.15) is 12.6 Å². The quantitative estimate of drug-likeness (QED) is 0.777. The van der Waals surface area contributed by atoms with E-state index in [9.17, 15) is 14.4 Å². The molecule has 0 aromatic heterocycles. The van der Waals surface area contributed by atoms with Crippen LogP contribution in [0.5, 0.6) is 0 Å². The van der Waals surface area contributed by atoms with Crippen LogP contribution in [0.4, 0.5) is 0 Å². The predicted octanol–water partition coefficient (Wildman–Crippen LogP) is -0.262. The molecule has 2 amide bonds. The molecule has 0 saturated carbocycles. The van der Waals surface area contributed by atoms with E-state index in [1.54, 1.807) is 0 Å². The molecule has 1 aromatic carbocycles. The molecule has 20 heavy (non-hydrogen) atoms. The lowest BCUT2D eigenvalue weighted by Crippen LogP contribution is -2.60. The van der Waals surface area contributed by atoms with Gasteiger partial charge >= 0.3 is 5.97 Å². The van der Waals surface area contributed by atoms with Gasteiger partial charge in [0, 0.05) is 6.54 Å². The van der Waals surface area contributed by atoms with Gasteiger partial charge in [-0.2, -0.15) is 0 Å². The molecule has 3 rings (SSSR count). The first-order valence-electron chi connectivity index (χ1n) is 6.45. The first-order chi connectivity index (χ1) is 9.58. The molecule has 1 heterocycles. The van der Waals surface area contributed by atoms with E-state index in [0.29, 0.717) is 6.42 Å². The summed E-state index contributed by atoms with van der Waals surface area (Å²) in [5.41, 5.74) is 2.05. The Morgan fingerprint density at radius 2 is 2.05 bits per heavy atom. The van der Waals surface area contributed by atoms with E-state index in [-0.39, 0.29) is 30.8 Å². The minimum atomic E-state index is -1.09. The molecule has 1 aliphatic carbocycles. The largest absolute Gasteiger partial charge is 0.480 e. The Kier molecular flexibility index (Phi) is 2.93. The van der Waals surface area contributed by atoms with E-state index >= 15 is 0 Å². The maximum Gasteiger partial charge on any atom is 0.328 e. The number of rotatable bonds is 2. The van der Waals surface area contributed by atoms with Gasteiger partial charge in [0.05, 0.1) is 5.92 Å². The summed E-state index contributed by atoms with van der Waals surface area (Å²) in [4.78, 5) is 36.3. The minimum Gasteiger partial charge on any atom is -0.480 e.